The Hall–Kier alpha value is -2.58. The van der Waals surface area contributed by atoms with Gasteiger partial charge in [-0.15, -0.1) is 0 Å². The molecule has 0 fully saturated rings. The Labute approximate surface area is 166 Å². The third-order valence-electron chi connectivity index (χ3n) is 4.37. The quantitative estimate of drug-likeness (QED) is 0.692. The number of hydrogen-bond donors (Lipinski definition) is 1. The van der Waals surface area contributed by atoms with Crippen LogP contribution in [0.15, 0.2) is 53.4 Å². The number of hydrogen-bond acceptors (Lipinski definition) is 5. The van der Waals surface area contributed by atoms with Crippen LogP contribution in [0.5, 0.6) is 11.5 Å². The lowest BCUT2D eigenvalue weighted by molar-refractivity contribution is -0.121. The Kier molecular flexibility index (Phi) is 7.42. The largest absolute Gasteiger partial charge is 0.493 e. The summed E-state index contributed by atoms with van der Waals surface area (Å²) in [5.41, 5.74) is 0.849. The average Bonchev–Trinajstić information content (AvgIpc) is 2.71. The minimum Gasteiger partial charge on any atom is -0.493 e. The summed E-state index contributed by atoms with van der Waals surface area (Å²) in [7, 11) is 0.765. The number of ether oxygens (including phenoxy) is 2. The van der Waals surface area contributed by atoms with Gasteiger partial charge in [0.2, 0.25) is 15.9 Å². The molecule has 0 aliphatic rings. The maximum Gasteiger partial charge on any atom is 0.243 e. The van der Waals surface area contributed by atoms with Crippen molar-refractivity contribution in [2.45, 2.75) is 24.3 Å². The molecular weight excluding hydrogens is 380 g/mol. The highest BCUT2D eigenvalue weighted by molar-refractivity contribution is 7.89. The van der Waals surface area contributed by atoms with Crippen LogP contribution in [0.2, 0.25) is 0 Å². The number of nitrogens with zero attached hydrogens (tertiary/aromatic N) is 1. The van der Waals surface area contributed by atoms with Crippen molar-refractivity contribution in [3.05, 3.63) is 54.1 Å². The second-order valence-electron chi connectivity index (χ2n) is 6.22. The lowest BCUT2D eigenvalue weighted by atomic mass is 10.0. The first-order valence-corrected chi connectivity index (χ1v) is 10.3. The van der Waals surface area contributed by atoms with Crippen LogP contribution in [0.3, 0.4) is 0 Å². The molecule has 0 heterocycles. The Morgan fingerprint density at radius 1 is 1.07 bits per heavy atom. The zero-order chi connectivity index (χ0) is 20.7. The van der Waals surface area contributed by atoms with Gasteiger partial charge in [0.1, 0.15) is 0 Å². The molecule has 28 heavy (non-hydrogen) atoms. The molecule has 2 aromatic rings. The van der Waals surface area contributed by atoms with Gasteiger partial charge >= 0.3 is 0 Å². The average molecular weight is 407 g/mol. The summed E-state index contributed by atoms with van der Waals surface area (Å²) in [5, 5.41) is 2.88. The zero-order valence-corrected chi connectivity index (χ0v) is 17.3. The number of rotatable bonds is 9. The number of likely N-dealkylation sites (N-methyl/N-ethyl adjacent to an activating group) is 1. The van der Waals surface area contributed by atoms with Gasteiger partial charge in [0.15, 0.2) is 11.5 Å². The molecule has 2 rings (SSSR count). The topological polar surface area (TPSA) is 84.9 Å². The normalized spacial score (nSPS) is 12.5. The molecule has 0 aliphatic heterocycles. The first kappa shape index (κ1) is 21.7. The standard InChI is InChI=1S/C20H26N2O5S/c1-5-17(15-11-12-18(26-3)19(13-15)27-4)21-20(23)14-22(2)28(24,25)16-9-7-6-8-10-16/h6-13,17H,5,14H2,1-4H3,(H,21,23)/t17-/m1/s1. The molecule has 0 unspecified atom stereocenters. The summed E-state index contributed by atoms with van der Waals surface area (Å²) in [5.74, 6) is 0.779. The highest BCUT2D eigenvalue weighted by Crippen LogP contribution is 2.30. The summed E-state index contributed by atoms with van der Waals surface area (Å²) in [6.45, 7) is 1.66. The molecule has 1 atom stereocenters. The maximum atomic E-state index is 12.6. The molecule has 0 saturated heterocycles. The SMILES string of the molecule is CC[C@@H](NC(=O)CN(C)S(=O)(=O)c1ccccc1)c1ccc(OC)c(OC)c1. The first-order chi connectivity index (χ1) is 13.3. The van der Waals surface area contributed by atoms with E-state index in [1.165, 1.54) is 19.2 Å². The van der Waals surface area contributed by atoms with Crippen molar-refractivity contribution in [3.63, 3.8) is 0 Å². The van der Waals surface area contributed by atoms with Crippen LogP contribution in [0.25, 0.3) is 0 Å². The fourth-order valence-corrected chi connectivity index (χ4v) is 3.94. The molecule has 2 aromatic carbocycles. The summed E-state index contributed by atoms with van der Waals surface area (Å²) in [6, 6.07) is 13.2. The van der Waals surface area contributed by atoms with Gasteiger partial charge in [0.25, 0.3) is 0 Å². The summed E-state index contributed by atoms with van der Waals surface area (Å²) < 4.78 is 36.7. The van der Waals surface area contributed by atoms with Crippen LogP contribution >= 0.6 is 0 Å². The Morgan fingerprint density at radius 3 is 2.29 bits per heavy atom. The Balaban J connectivity index is 2.10. The highest BCUT2D eigenvalue weighted by Gasteiger charge is 2.24. The monoisotopic (exact) mass is 406 g/mol. The van der Waals surface area contributed by atoms with E-state index in [-0.39, 0.29) is 23.4 Å². The lowest BCUT2D eigenvalue weighted by Crippen LogP contribution is -2.39. The number of benzene rings is 2. The molecule has 8 heteroatoms. The van der Waals surface area contributed by atoms with E-state index in [0.29, 0.717) is 17.9 Å². The third kappa shape index (κ3) is 5.02. The van der Waals surface area contributed by atoms with Crippen molar-refractivity contribution in [2.24, 2.45) is 0 Å². The van der Waals surface area contributed by atoms with Gasteiger partial charge in [-0.2, -0.15) is 4.31 Å². The Bertz CT molecular complexity index is 900. The number of carbonyl (C=O) groups is 1. The number of amides is 1. The van der Waals surface area contributed by atoms with Gasteiger partial charge in [-0.1, -0.05) is 31.2 Å². The van der Waals surface area contributed by atoms with Crippen molar-refractivity contribution in [1.29, 1.82) is 0 Å². The molecule has 152 valence electrons. The van der Waals surface area contributed by atoms with Crippen LogP contribution in [-0.2, 0) is 14.8 Å². The van der Waals surface area contributed by atoms with Crippen molar-refractivity contribution in [2.75, 3.05) is 27.8 Å². The molecule has 0 aliphatic carbocycles. The second kappa shape index (κ2) is 9.57. The fourth-order valence-electron chi connectivity index (χ4n) is 2.79. The van der Waals surface area contributed by atoms with Crippen molar-refractivity contribution in [1.82, 2.24) is 9.62 Å². The minimum atomic E-state index is -3.72. The van der Waals surface area contributed by atoms with Crippen LogP contribution in [0.1, 0.15) is 24.9 Å². The highest BCUT2D eigenvalue weighted by atomic mass is 32.2. The van der Waals surface area contributed by atoms with Gasteiger partial charge < -0.3 is 14.8 Å². The van der Waals surface area contributed by atoms with Gasteiger partial charge in [-0.05, 0) is 36.2 Å². The number of sulfonamides is 1. The van der Waals surface area contributed by atoms with Gasteiger partial charge in [-0.3, -0.25) is 4.79 Å². The van der Waals surface area contributed by atoms with Crippen LogP contribution in [0.4, 0.5) is 0 Å². The summed E-state index contributed by atoms with van der Waals surface area (Å²) in [4.78, 5) is 12.6. The molecule has 0 saturated carbocycles. The van der Waals surface area contributed by atoms with E-state index in [2.05, 4.69) is 5.32 Å². The lowest BCUT2D eigenvalue weighted by Gasteiger charge is -2.21. The van der Waals surface area contributed by atoms with E-state index in [9.17, 15) is 13.2 Å². The van der Waals surface area contributed by atoms with E-state index in [1.807, 2.05) is 13.0 Å². The number of carbonyl (C=O) groups excluding carboxylic acids is 1. The third-order valence-corrected chi connectivity index (χ3v) is 6.19. The molecule has 1 amide bonds. The van der Waals surface area contributed by atoms with Crippen molar-refractivity contribution < 1.29 is 22.7 Å². The van der Waals surface area contributed by atoms with E-state index in [0.717, 1.165) is 9.87 Å². The minimum absolute atomic E-state index is 0.150. The molecule has 1 N–H and O–H groups in total. The predicted molar refractivity (Wildman–Crippen MR) is 107 cm³/mol. The first-order valence-electron chi connectivity index (χ1n) is 8.86. The van der Waals surface area contributed by atoms with Crippen LogP contribution in [0, 0.1) is 0 Å². The van der Waals surface area contributed by atoms with Gasteiger partial charge in [0, 0.05) is 7.05 Å². The summed E-state index contributed by atoms with van der Waals surface area (Å²) >= 11 is 0. The van der Waals surface area contributed by atoms with Crippen LogP contribution in [-0.4, -0.2) is 46.4 Å². The molecule has 7 nitrogen and oxygen atoms in total. The van der Waals surface area contributed by atoms with E-state index >= 15 is 0 Å². The zero-order valence-electron chi connectivity index (χ0n) is 16.5. The van der Waals surface area contributed by atoms with Crippen molar-refractivity contribution in [3.8, 4) is 11.5 Å². The number of nitrogens with one attached hydrogen (secondary N) is 1. The van der Waals surface area contributed by atoms with E-state index in [1.54, 1.807) is 44.6 Å². The molecule has 0 bridgehead atoms. The predicted octanol–water partition coefficient (Wildman–Crippen LogP) is 2.59. The van der Waals surface area contributed by atoms with E-state index in [4.69, 9.17) is 9.47 Å². The summed E-state index contributed by atoms with van der Waals surface area (Å²) in [6.07, 6.45) is 0.635. The smallest absolute Gasteiger partial charge is 0.243 e. The second-order valence-corrected chi connectivity index (χ2v) is 8.26. The maximum absolute atomic E-state index is 12.6. The molecular formula is C20H26N2O5S. The van der Waals surface area contributed by atoms with Gasteiger partial charge in [-0.25, -0.2) is 8.42 Å². The molecule has 0 spiro atoms. The van der Waals surface area contributed by atoms with Gasteiger partial charge in [0.05, 0.1) is 31.7 Å². The molecule has 0 radical (unpaired) electrons. The van der Waals surface area contributed by atoms with E-state index < -0.39 is 10.0 Å². The van der Waals surface area contributed by atoms with Crippen molar-refractivity contribution >= 4 is 15.9 Å². The molecule has 0 aromatic heterocycles. The van der Waals surface area contributed by atoms with Crippen LogP contribution < -0.4 is 14.8 Å². The fraction of sp³-hybridized carbons (Fsp3) is 0.350. The Morgan fingerprint density at radius 2 is 1.71 bits per heavy atom. The number of methoxy groups -OCH3 is 2.